The lowest BCUT2D eigenvalue weighted by atomic mass is 10.3. The number of nitrogens with zero attached hydrogens (tertiary/aromatic N) is 5. The van der Waals surface area contributed by atoms with Gasteiger partial charge in [0.1, 0.15) is 0 Å². The Bertz CT molecular complexity index is 792. The second kappa shape index (κ2) is 10.6. The molecule has 2 N–H and O–H groups in total. The SMILES string of the molecule is CN=C(NCCCn1nc(C)cc1C)NC1CCN(c2ncccc2F)C1.I. The van der Waals surface area contributed by atoms with E-state index in [2.05, 4.69) is 38.7 Å². The van der Waals surface area contributed by atoms with Gasteiger partial charge in [0.15, 0.2) is 17.6 Å². The van der Waals surface area contributed by atoms with Crippen molar-refractivity contribution in [3.05, 3.63) is 41.6 Å². The maximum Gasteiger partial charge on any atom is 0.191 e. The summed E-state index contributed by atoms with van der Waals surface area (Å²) in [6.45, 7) is 7.25. The summed E-state index contributed by atoms with van der Waals surface area (Å²) >= 11 is 0. The van der Waals surface area contributed by atoms with Crippen LogP contribution in [0.4, 0.5) is 10.2 Å². The van der Waals surface area contributed by atoms with E-state index in [1.54, 1.807) is 19.3 Å². The van der Waals surface area contributed by atoms with Gasteiger partial charge in [0.25, 0.3) is 0 Å². The van der Waals surface area contributed by atoms with Crippen LogP contribution in [-0.2, 0) is 6.54 Å². The molecule has 0 aromatic carbocycles. The molecule has 28 heavy (non-hydrogen) atoms. The molecule has 1 aliphatic heterocycles. The summed E-state index contributed by atoms with van der Waals surface area (Å²) in [6.07, 6.45) is 3.50. The topological polar surface area (TPSA) is 70.4 Å². The van der Waals surface area contributed by atoms with Crippen LogP contribution in [0, 0.1) is 19.7 Å². The second-order valence-electron chi connectivity index (χ2n) is 6.89. The van der Waals surface area contributed by atoms with Crippen LogP contribution in [0.5, 0.6) is 0 Å². The van der Waals surface area contributed by atoms with Crippen molar-refractivity contribution in [2.45, 2.75) is 39.3 Å². The maximum absolute atomic E-state index is 13.9. The summed E-state index contributed by atoms with van der Waals surface area (Å²) in [5, 5.41) is 11.2. The lowest BCUT2D eigenvalue weighted by Crippen LogP contribution is -2.45. The maximum atomic E-state index is 13.9. The van der Waals surface area contributed by atoms with Crippen molar-refractivity contribution in [2.75, 3.05) is 31.6 Å². The molecule has 1 saturated heterocycles. The molecule has 1 fully saturated rings. The van der Waals surface area contributed by atoms with Gasteiger partial charge in [-0.3, -0.25) is 9.67 Å². The number of anilines is 1. The number of aryl methyl sites for hydroxylation is 3. The highest BCUT2D eigenvalue weighted by Crippen LogP contribution is 2.20. The zero-order valence-corrected chi connectivity index (χ0v) is 19.0. The molecule has 154 valence electrons. The van der Waals surface area contributed by atoms with Gasteiger partial charge in [-0.25, -0.2) is 9.37 Å². The summed E-state index contributed by atoms with van der Waals surface area (Å²) in [6, 6.07) is 5.37. The van der Waals surface area contributed by atoms with Crippen molar-refractivity contribution in [3.8, 4) is 0 Å². The molecule has 0 saturated carbocycles. The molecule has 0 spiro atoms. The van der Waals surface area contributed by atoms with Crippen LogP contribution < -0.4 is 15.5 Å². The first kappa shape index (κ1) is 22.4. The fraction of sp³-hybridized carbons (Fsp3) is 0.526. The highest BCUT2D eigenvalue weighted by Gasteiger charge is 2.25. The van der Waals surface area contributed by atoms with E-state index in [4.69, 9.17) is 0 Å². The summed E-state index contributed by atoms with van der Waals surface area (Å²) in [4.78, 5) is 10.4. The Balaban J connectivity index is 0.00000280. The largest absolute Gasteiger partial charge is 0.356 e. The van der Waals surface area contributed by atoms with Gasteiger partial charge in [-0.05, 0) is 44.9 Å². The molecule has 2 aromatic heterocycles. The minimum absolute atomic E-state index is 0. The van der Waals surface area contributed by atoms with E-state index < -0.39 is 0 Å². The van der Waals surface area contributed by atoms with E-state index in [1.165, 1.54) is 11.8 Å². The predicted octanol–water partition coefficient (Wildman–Crippen LogP) is 2.49. The highest BCUT2D eigenvalue weighted by atomic mass is 127. The molecule has 3 heterocycles. The van der Waals surface area contributed by atoms with Gasteiger partial charge in [0.2, 0.25) is 0 Å². The van der Waals surface area contributed by atoms with Crippen LogP contribution in [0.2, 0.25) is 0 Å². The van der Waals surface area contributed by atoms with Crippen LogP contribution in [-0.4, -0.2) is 53.4 Å². The Morgan fingerprint density at radius 1 is 1.39 bits per heavy atom. The normalized spacial score (nSPS) is 16.8. The average molecular weight is 501 g/mol. The Kier molecular flexibility index (Phi) is 8.46. The minimum atomic E-state index is -0.273. The van der Waals surface area contributed by atoms with E-state index in [1.807, 2.05) is 16.5 Å². The number of hydrogen-bond acceptors (Lipinski definition) is 4. The second-order valence-corrected chi connectivity index (χ2v) is 6.89. The van der Waals surface area contributed by atoms with Crippen LogP contribution in [0.25, 0.3) is 0 Å². The number of hydrogen-bond donors (Lipinski definition) is 2. The first-order valence-corrected chi connectivity index (χ1v) is 9.40. The van der Waals surface area contributed by atoms with Crippen LogP contribution in [0.15, 0.2) is 29.4 Å². The average Bonchev–Trinajstić information content (AvgIpc) is 3.24. The van der Waals surface area contributed by atoms with Crippen molar-refractivity contribution in [1.29, 1.82) is 0 Å². The standard InChI is InChI=1S/C19H28FN7.HI/c1-14-12-15(2)27(25-14)10-5-9-23-19(21-3)24-16-7-11-26(13-16)18-17(20)6-4-8-22-18;/h4,6,8,12,16H,5,7,9-11,13H2,1-3H3,(H2,21,23,24);1H. The lowest BCUT2D eigenvalue weighted by molar-refractivity contribution is 0.552. The zero-order chi connectivity index (χ0) is 19.2. The molecule has 0 bridgehead atoms. The molecular weight excluding hydrogens is 472 g/mol. The molecule has 0 radical (unpaired) electrons. The molecular formula is C19H29FIN7. The third-order valence-electron chi connectivity index (χ3n) is 4.73. The number of guanidine groups is 1. The number of aliphatic imine (C=N–C) groups is 1. The van der Waals surface area contributed by atoms with E-state index in [9.17, 15) is 4.39 Å². The Morgan fingerprint density at radius 2 is 2.21 bits per heavy atom. The van der Waals surface area contributed by atoms with Gasteiger partial charge in [0.05, 0.1) is 5.69 Å². The summed E-state index contributed by atoms with van der Waals surface area (Å²) in [7, 11) is 1.77. The molecule has 7 nitrogen and oxygen atoms in total. The van der Waals surface area contributed by atoms with Gasteiger partial charge in [-0.1, -0.05) is 0 Å². The van der Waals surface area contributed by atoms with Gasteiger partial charge >= 0.3 is 0 Å². The van der Waals surface area contributed by atoms with Crippen molar-refractivity contribution in [3.63, 3.8) is 0 Å². The van der Waals surface area contributed by atoms with Gasteiger partial charge in [0, 0.05) is 51.2 Å². The summed E-state index contributed by atoms with van der Waals surface area (Å²) < 4.78 is 15.9. The zero-order valence-electron chi connectivity index (χ0n) is 16.7. The van der Waals surface area contributed by atoms with Crippen molar-refractivity contribution in [2.24, 2.45) is 4.99 Å². The Hall–Kier alpha value is -1.91. The molecule has 1 aliphatic rings. The van der Waals surface area contributed by atoms with E-state index in [0.29, 0.717) is 12.4 Å². The molecule has 0 aliphatic carbocycles. The molecule has 2 aromatic rings. The highest BCUT2D eigenvalue weighted by molar-refractivity contribution is 14.0. The number of rotatable bonds is 6. The predicted molar refractivity (Wildman–Crippen MR) is 121 cm³/mol. The fourth-order valence-electron chi connectivity index (χ4n) is 3.41. The molecule has 9 heteroatoms. The van der Waals surface area contributed by atoms with E-state index >= 15 is 0 Å². The number of aromatic nitrogens is 3. The minimum Gasteiger partial charge on any atom is -0.356 e. The quantitative estimate of drug-likeness (QED) is 0.276. The Morgan fingerprint density at radius 3 is 2.89 bits per heavy atom. The summed E-state index contributed by atoms with van der Waals surface area (Å²) in [5.74, 6) is 0.927. The third-order valence-corrected chi connectivity index (χ3v) is 4.73. The fourth-order valence-corrected chi connectivity index (χ4v) is 3.41. The molecule has 1 atom stereocenters. The van der Waals surface area contributed by atoms with E-state index in [-0.39, 0.29) is 35.8 Å². The molecule has 1 unspecified atom stereocenters. The van der Waals surface area contributed by atoms with Crippen LogP contribution in [0.3, 0.4) is 0 Å². The number of pyridine rings is 1. The smallest absolute Gasteiger partial charge is 0.191 e. The first-order valence-electron chi connectivity index (χ1n) is 9.40. The third kappa shape index (κ3) is 5.79. The van der Waals surface area contributed by atoms with Gasteiger partial charge in [-0.2, -0.15) is 5.10 Å². The van der Waals surface area contributed by atoms with Crippen molar-refractivity contribution in [1.82, 2.24) is 25.4 Å². The number of halogens is 2. The lowest BCUT2D eigenvalue weighted by Gasteiger charge is -2.20. The van der Waals surface area contributed by atoms with Gasteiger partial charge in [-0.15, -0.1) is 24.0 Å². The van der Waals surface area contributed by atoms with Crippen LogP contribution in [0.1, 0.15) is 24.2 Å². The van der Waals surface area contributed by atoms with Crippen molar-refractivity contribution >= 4 is 35.8 Å². The monoisotopic (exact) mass is 501 g/mol. The Labute approximate surface area is 182 Å². The van der Waals surface area contributed by atoms with Crippen LogP contribution >= 0.6 is 24.0 Å². The first-order chi connectivity index (χ1) is 13.1. The molecule has 0 amide bonds. The molecule has 3 rings (SSSR count). The number of nitrogens with one attached hydrogen (secondary N) is 2. The van der Waals surface area contributed by atoms with Gasteiger partial charge < -0.3 is 15.5 Å². The van der Waals surface area contributed by atoms with Crippen molar-refractivity contribution < 1.29 is 4.39 Å². The van der Waals surface area contributed by atoms with E-state index in [0.717, 1.165) is 44.1 Å². The summed E-state index contributed by atoms with van der Waals surface area (Å²) in [5.41, 5.74) is 2.23.